The first-order valence-corrected chi connectivity index (χ1v) is 8.94. The van der Waals surface area contributed by atoms with Gasteiger partial charge in [-0.25, -0.2) is 0 Å². The Hall–Kier alpha value is -1.97. The van der Waals surface area contributed by atoms with E-state index in [1.165, 1.54) is 0 Å². The van der Waals surface area contributed by atoms with Crippen LogP contribution in [0.3, 0.4) is 0 Å². The number of nitrogens with zero attached hydrogens (tertiary/aromatic N) is 1. The fraction of sp³-hybridized carbons (Fsp3) is 0.550. The molecule has 24 heavy (non-hydrogen) atoms. The van der Waals surface area contributed by atoms with E-state index < -0.39 is 0 Å². The minimum absolute atomic E-state index is 0.254. The second-order valence-corrected chi connectivity index (χ2v) is 5.61. The molecule has 0 aliphatic carbocycles. The van der Waals surface area contributed by atoms with Crippen LogP contribution in [-0.4, -0.2) is 11.2 Å². The van der Waals surface area contributed by atoms with Gasteiger partial charge in [0.25, 0.3) is 0 Å². The summed E-state index contributed by atoms with van der Waals surface area (Å²) < 4.78 is 0. The summed E-state index contributed by atoms with van der Waals surface area (Å²) in [5, 5.41) is 11.0. The third-order valence-corrected chi connectivity index (χ3v) is 3.50. The van der Waals surface area contributed by atoms with Crippen molar-refractivity contribution in [3.8, 4) is 0 Å². The summed E-state index contributed by atoms with van der Waals surface area (Å²) in [6.45, 7) is 2.08. The second-order valence-electron chi connectivity index (χ2n) is 5.61. The molecular weight excluding hydrogens is 302 g/mol. The Bertz CT molecular complexity index is 448. The van der Waals surface area contributed by atoms with Gasteiger partial charge in [0.1, 0.15) is 6.29 Å². The first-order valence-electron chi connectivity index (χ1n) is 8.94. The van der Waals surface area contributed by atoms with Gasteiger partial charge in [-0.2, -0.15) is 0 Å². The first-order chi connectivity index (χ1) is 11.7. The zero-order chi connectivity index (χ0) is 17.9. The maximum absolute atomic E-state index is 11.0. The summed E-state index contributed by atoms with van der Waals surface area (Å²) in [4.78, 5) is 20.9. The van der Waals surface area contributed by atoms with Crippen LogP contribution in [0.4, 0.5) is 0 Å². The predicted octanol–water partition coefficient (Wildman–Crippen LogP) is 5.94. The average Bonchev–Trinajstić information content (AvgIpc) is 2.57. The predicted molar refractivity (Wildman–Crippen MR) is 100 cm³/mol. The molecule has 0 atom stereocenters. The lowest BCUT2D eigenvalue weighted by molar-refractivity contribution is -0.427. The number of unbranched alkanes of at least 4 members (excludes halogenated alkanes) is 5. The Labute approximate surface area is 146 Å². The molecule has 0 saturated carbocycles. The van der Waals surface area contributed by atoms with Crippen LogP contribution in [0.25, 0.3) is 0 Å². The van der Waals surface area contributed by atoms with E-state index in [1.807, 2.05) is 18.2 Å². The van der Waals surface area contributed by atoms with Crippen LogP contribution >= 0.6 is 0 Å². The quantitative estimate of drug-likeness (QED) is 0.123. The zero-order valence-corrected chi connectivity index (χ0v) is 14.9. The number of nitro groups is 1. The lowest BCUT2D eigenvalue weighted by atomic mass is 10.1. The van der Waals surface area contributed by atoms with Gasteiger partial charge in [0.15, 0.2) is 0 Å². The van der Waals surface area contributed by atoms with Gasteiger partial charge in [-0.1, -0.05) is 56.2 Å². The number of carbonyl (C=O) groups is 1. The summed E-state index contributed by atoms with van der Waals surface area (Å²) in [5.41, 5.74) is 0.254. The van der Waals surface area contributed by atoms with Crippen LogP contribution in [0.5, 0.6) is 0 Å². The van der Waals surface area contributed by atoms with E-state index in [1.54, 1.807) is 6.08 Å². The molecule has 0 aromatic rings. The van der Waals surface area contributed by atoms with Crippen LogP contribution in [0.15, 0.2) is 48.2 Å². The monoisotopic (exact) mass is 333 g/mol. The number of hydrogen-bond acceptors (Lipinski definition) is 3. The summed E-state index contributed by atoms with van der Waals surface area (Å²) in [6.07, 6.45) is 23.5. The number of allylic oxidation sites excluding steroid dienone is 7. The summed E-state index contributed by atoms with van der Waals surface area (Å²) in [5.74, 6) is 0. The third kappa shape index (κ3) is 14.9. The van der Waals surface area contributed by atoms with E-state index in [9.17, 15) is 14.9 Å². The Morgan fingerprint density at radius 1 is 0.875 bits per heavy atom. The first kappa shape index (κ1) is 22.0. The molecule has 0 radical (unpaired) electrons. The highest BCUT2D eigenvalue weighted by Gasteiger charge is 2.06. The largest absolute Gasteiger partial charge is 0.303 e. The normalized spacial score (nSPS) is 12.6. The number of aldehydes is 1. The molecule has 0 aliphatic heterocycles. The van der Waals surface area contributed by atoms with E-state index in [4.69, 9.17) is 0 Å². The van der Waals surface area contributed by atoms with Crippen molar-refractivity contribution < 1.29 is 9.72 Å². The molecule has 0 amide bonds. The van der Waals surface area contributed by atoms with Crippen molar-refractivity contribution in [1.29, 1.82) is 0 Å². The van der Waals surface area contributed by atoms with Gasteiger partial charge in [0.05, 0.1) is 11.3 Å². The molecule has 0 bridgehead atoms. The van der Waals surface area contributed by atoms with Gasteiger partial charge in [-0.05, 0) is 44.6 Å². The number of carbonyl (C=O) groups excluding carboxylic acids is 1. The highest BCUT2D eigenvalue weighted by molar-refractivity contribution is 5.48. The van der Waals surface area contributed by atoms with Gasteiger partial charge in [0, 0.05) is 6.42 Å². The van der Waals surface area contributed by atoms with Crippen molar-refractivity contribution in [3.63, 3.8) is 0 Å². The minimum atomic E-state index is -0.299. The molecule has 0 N–H and O–H groups in total. The molecule has 0 fully saturated rings. The number of hydrogen-bond donors (Lipinski definition) is 0. The zero-order valence-electron chi connectivity index (χ0n) is 14.9. The second kappa shape index (κ2) is 17.4. The molecule has 0 heterocycles. The molecule has 0 saturated heterocycles. The maximum atomic E-state index is 11.0. The van der Waals surface area contributed by atoms with E-state index in [0.717, 1.165) is 51.2 Å². The molecule has 4 heteroatoms. The highest BCUT2D eigenvalue weighted by Crippen LogP contribution is 2.08. The van der Waals surface area contributed by atoms with Crippen LogP contribution in [0.1, 0.15) is 71.1 Å². The van der Waals surface area contributed by atoms with Crippen molar-refractivity contribution in [3.05, 3.63) is 58.3 Å². The number of rotatable bonds is 15. The van der Waals surface area contributed by atoms with Crippen LogP contribution in [0, 0.1) is 10.1 Å². The van der Waals surface area contributed by atoms with Gasteiger partial charge in [-0.15, -0.1) is 0 Å². The fourth-order valence-electron chi connectivity index (χ4n) is 2.14. The van der Waals surface area contributed by atoms with E-state index in [0.29, 0.717) is 19.3 Å². The lowest BCUT2D eigenvalue weighted by Gasteiger charge is -1.96. The fourth-order valence-corrected chi connectivity index (χ4v) is 2.14. The smallest absolute Gasteiger partial charge is 0.246 e. The van der Waals surface area contributed by atoms with Crippen molar-refractivity contribution >= 4 is 6.29 Å². The van der Waals surface area contributed by atoms with Crippen LogP contribution in [0.2, 0.25) is 0 Å². The Morgan fingerprint density at radius 3 is 2.21 bits per heavy atom. The van der Waals surface area contributed by atoms with E-state index in [-0.39, 0.29) is 10.6 Å². The topological polar surface area (TPSA) is 60.2 Å². The summed E-state index contributed by atoms with van der Waals surface area (Å²) >= 11 is 0. The molecule has 134 valence electrons. The van der Waals surface area contributed by atoms with Crippen molar-refractivity contribution in [2.75, 3.05) is 0 Å². The van der Waals surface area contributed by atoms with Gasteiger partial charge >= 0.3 is 0 Å². The molecule has 0 aromatic heterocycles. The van der Waals surface area contributed by atoms with Gasteiger partial charge in [-0.3, -0.25) is 10.1 Å². The van der Waals surface area contributed by atoms with E-state index >= 15 is 0 Å². The molecule has 4 nitrogen and oxygen atoms in total. The van der Waals surface area contributed by atoms with Crippen LogP contribution < -0.4 is 0 Å². The average molecular weight is 333 g/mol. The van der Waals surface area contributed by atoms with Gasteiger partial charge < -0.3 is 4.79 Å². The Balaban J connectivity index is 3.94. The minimum Gasteiger partial charge on any atom is -0.303 e. The molecule has 0 aliphatic rings. The molecule has 0 rings (SSSR count). The van der Waals surface area contributed by atoms with Crippen LogP contribution in [-0.2, 0) is 4.79 Å². The standard InChI is InChI=1S/C20H31NO3/c1-2-3-4-5-11-14-17-20(21(23)24)18-15-12-9-7-6-8-10-13-16-19-22/h3-4,9,11-12,14,18-19H,2,5-8,10,13,15-17H2,1H3/b4-3+,12-9+,14-11+,20-18-. The molecular formula is C20H31NO3. The van der Waals surface area contributed by atoms with Crippen molar-refractivity contribution in [2.45, 2.75) is 71.1 Å². The summed E-state index contributed by atoms with van der Waals surface area (Å²) in [7, 11) is 0. The maximum Gasteiger partial charge on any atom is 0.246 e. The van der Waals surface area contributed by atoms with Crippen molar-refractivity contribution in [1.82, 2.24) is 0 Å². The molecule has 0 spiro atoms. The Morgan fingerprint density at radius 2 is 1.54 bits per heavy atom. The molecule has 0 aromatic carbocycles. The highest BCUT2D eigenvalue weighted by atomic mass is 16.6. The Kier molecular flexibility index (Phi) is 16.0. The van der Waals surface area contributed by atoms with Gasteiger partial charge in [0.2, 0.25) is 5.70 Å². The van der Waals surface area contributed by atoms with Crippen molar-refractivity contribution in [2.24, 2.45) is 0 Å². The molecule has 0 unspecified atom stereocenters. The lowest BCUT2D eigenvalue weighted by Crippen LogP contribution is -1.97. The SMILES string of the molecule is CC/C=C/C/C=C/C/C(=C/C/C=C/CCCCCCC=O)[N+](=O)[O-]. The summed E-state index contributed by atoms with van der Waals surface area (Å²) in [6, 6.07) is 0. The van der Waals surface area contributed by atoms with E-state index in [2.05, 4.69) is 25.2 Å². The third-order valence-electron chi connectivity index (χ3n) is 3.50.